The van der Waals surface area contributed by atoms with Crippen LogP contribution in [0.3, 0.4) is 0 Å². The molecule has 0 fully saturated rings. The molecule has 2 amide bonds. The number of ether oxygens (including phenoxy) is 2. The van der Waals surface area contributed by atoms with Gasteiger partial charge in [0.15, 0.2) is 6.04 Å². The molecule has 0 unspecified atom stereocenters. The summed E-state index contributed by atoms with van der Waals surface area (Å²) in [6, 6.07) is -1.55. The third kappa shape index (κ3) is 11.0. The predicted octanol–water partition coefficient (Wildman–Crippen LogP) is 1.84. The zero-order valence-corrected chi connectivity index (χ0v) is 14.0. The molecule has 0 bridgehead atoms. The lowest BCUT2D eigenvalue weighted by molar-refractivity contribution is -0.155. The summed E-state index contributed by atoms with van der Waals surface area (Å²) >= 11 is 0. The first-order valence-corrected chi connectivity index (χ1v) is 7.52. The van der Waals surface area contributed by atoms with Crippen LogP contribution in [0.15, 0.2) is 0 Å². The molecule has 6 nitrogen and oxygen atoms in total. The van der Waals surface area contributed by atoms with Gasteiger partial charge in [-0.1, -0.05) is 18.8 Å². The molecule has 0 aliphatic rings. The first-order chi connectivity index (χ1) is 10.3. The van der Waals surface area contributed by atoms with E-state index in [-0.39, 0.29) is 0 Å². The highest BCUT2D eigenvalue weighted by Crippen LogP contribution is 2.08. The summed E-state index contributed by atoms with van der Waals surface area (Å²) in [6.45, 7) is 6.50. The summed E-state index contributed by atoms with van der Waals surface area (Å²) in [7, 11) is 1.68. The molecule has 126 valence electrons. The molecule has 2 N–H and O–H groups in total. The summed E-state index contributed by atoms with van der Waals surface area (Å²) in [5.74, 6) is 1.59. The van der Waals surface area contributed by atoms with E-state index in [1.165, 1.54) is 0 Å². The van der Waals surface area contributed by atoms with E-state index in [4.69, 9.17) is 15.9 Å². The molecule has 22 heavy (non-hydrogen) atoms. The molecule has 6 heteroatoms. The Bertz CT molecular complexity index is 383. The van der Waals surface area contributed by atoms with E-state index in [1.54, 1.807) is 27.9 Å². The van der Waals surface area contributed by atoms with Crippen molar-refractivity contribution in [2.75, 3.05) is 20.3 Å². The summed E-state index contributed by atoms with van der Waals surface area (Å²) in [5.41, 5.74) is -0.646. The van der Waals surface area contributed by atoms with Crippen molar-refractivity contribution in [2.45, 2.75) is 58.1 Å². The molecular weight excluding hydrogens is 284 g/mol. The predicted molar refractivity (Wildman–Crippen MR) is 85.3 cm³/mol. The number of esters is 1. The highest BCUT2D eigenvalue weighted by molar-refractivity contribution is 5.86. The average molecular weight is 312 g/mol. The van der Waals surface area contributed by atoms with Crippen molar-refractivity contribution < 1.29 is 19.1 Å². The highest BCUT2D eigenvalue weighted by atomic mass is 16.6. The Morgan fingerprint density at radius 3 is 2.36 bits per heavy atom. The zero-order chi connectivity index (χ0) is 17.0. The Labute approximate surface area is 133 Å². The molecule has 0 saturated carbocycles. The van der Waals surface area contributed by atoms with Gasteiger partial charge in [0, 0.05) is 20.3 Å². The molecule has 0 aromatic rings. The number of urea groups is 1. The summed E-state index contributed by atoms with van der Waals surface area (Å²) < 4.78 is 10.1. The van der Waals surface area contributed by atoms with Gasteiger partial charge in [-0.2, -0.15) is 0 Å². The topological polar surface area (TPSA) is 76.7 Å². The standard InChI is InChI=1S/C16H28N2O4/c1-6-13(14(19)22-16(2,3)4)18-15(20)17-11-9-7-8-10-12-21-5/h1,13H,7-12H2,2-5H3,(H2,17,18,20)/t13-/m1/s1. The van der Waals surface area contributed by atoms with E-state index in [0.29, 0.717) is 6.54 Å². The van der Waals surface area contributed by atoms with Crippen LogP contribution in [0.2, 0.25) is 0 Å². The minimum Gasteiger partial charge on any atom is -0.458 e. The Balaban J connectivity index is 3.93. The smallest absolute Gasteiger partial charge is 0.341 e. The van der Waals surface area contributed by atoms with Gasteiger partial charge in [0.05, 0.1) is 0 Å². The van der Waals surface area contributed by atoms with Crippen molar-refractivity contribution in [2.24, 2.45) is 0 Å². The molecular formula is C16H28N2O4. The second-order valence-corrected chi connectivity index (χ2v) is 5.94. The van der Waals surface area contributed by atoms with Crippen molar-refractivity contribution in [3.05, 3.63) is 0 Å². The number of methoxy groups -OCH3 is 1. The van der Waals surface area contributed by atoms with Gasteiger partial charge >= 0.3 is 12.0 Å². The first kappa shape index (κ1) is 20.3. The van der Waals surface area contributed by atoms with E-state index in [1.807, 2.05) is 0 Å². The molecule has 0 radical (unpaired) electrons. The molecule has 0 aliphatic heterocycles. The quantitative estimate of drug-likeness (QED) is 0.387. The number of rotatable bonds is 9. The highest BCUT2D eigenvalue weighted by Gasteiger charge is 2.24. The van der Waals surface area contributed by atoms with Crippen LogP contribution in [0.25, 0.3) is 0 Å². The number of carbonyl (C=O) groups is 2. The molecule has 0 saturated heterocycles. The lowest BCUT2D eigenvalue weighted by Gasteiger charge is -2.22. The maximum atomic E-state index is 11.8. The third-order valence-electron chi connectivity index (χ3n) is 2.65. The van der Waals surface area contributed by atoms with E-state index in [9.17, 15) is 9.59 Å². The van der Waals surface area contributed by atoms with Crippen LogP contribution in [0.1, 0.15) is 46.5 Å². The third-order valence-corrected chi connectivity index (χ3v) is 2.65. The Hall–Kier alpha value is -1.74. The largest absolute Gasteiger partial charge is 0.458 e. The lowest BCUT2D eigenvalue weighted by atomic mass is 10.2. The number of hydrogen-bond donors (Lipinski definition) is 2. The van der Waals surface area contributed by atoms with Crippen molar-refractivity contribution in [1.82, 2.24) is 10.6 Å². The summed E-state index contributed by atoms with van der Waals surface area (Å²) in [6.07, 6.45) is 9.20. The van der Waals surface area contributed by atoms with Crippen LogP contribution < -0.4 is 10.6 Å². The van der Waals surface area contributed by atoms with Gasteiger partial charge in [0.25, 0.3) is 0 Å². The number of unbranched alkanes of at least 4 members (excludes halogenated alkanes) is 3. The Morgan fingerprint density at radius 2 is 1.82 bits per heavy atom. The van der Waals surface area contributed by atoms with E-state index >= 15 is 0 Å². The average Bonchev–Trinajstić information content (AvgIpc) is 2.41. The number of terminal acetylenes is 1. The van der Waals surface area contributed by atoms with Gasteiger partial charge < -0.3 is 20.1 Å². The Kier molecular flexibility index (Phi) is 10.0. The monoisotopic (exact) mass is 312 g/mol. The molecule has 0 aromatic carbocycles. The fourth-order valence-corrected chi connectivity index (χ4v) is 1.64. The molecule has 0 heterocycles. The molecule has 0 aliphatic carbocycles. The van der Waals surface area contributed by atoms with Gasteiger partial charge in [-0.15, -0.1) is 6.42 Å². The second-order valence-electron chi connectivity index (χ2n) is 5.94. The number of hydrogen-bond acceptors (Lipinski definition) is 4. The number of nitrogens with one attached hydrogen (secondary N) is 2. The van der Waals surface area contributed by atoms with E-state index in [2.05, 4.69) is 16.6 Å². The SMILES string of the molecule is C#C[C@@H](NC(=O)NCCCCCCOC)C(=O)OC(C)(C)C. The minimum absolute atomic E-state index is 0.467. The van der Waals surface area contributed by atoms with Crippen molar-refractivity contribution in [3.8, 4) is 12.3 Å². The summed E-state index contributed by atoms with van der Waals surface area (Å²) in [4.78, 5) is 23.5. The van der Waals surface area contributed by atoms with Gasteiger partial charge in [0.2, 0.25) is 0 Å². The van der Waals surface area contributed by atoms with Crippen LogP contribution in [-0.4, -0.2) is 43.9 Å². The first-order valence-electron chi connectivity index (χ1n) is 7.52. The van der Waals surface area contributed by atoms with Gasteiger partial charge in [0.1, 0.15) is 5.60 Å². The van der Waals surface area contributed by atoms with Crippen molar-refractivity contribution in [3.63, 3.8) is 0 Å². The van der Waals surface area contributed by atoms with Crippen LogP contribution >= 0.6 is 0 Å². The molecule has 0 aromatic heterocycles. The normalized spacial score (nSPS) is 12.1. The van der Waals surface area contributed by atoms with E-state index < -0.39 is 23.6 Å². The lowest BCUT2D eigenvalue weighted by Crippen LogP contribution is -2.47. The summed E-state index contributed by atoms with van der Waals surface area (Å²) in [5, 5.41) is 5.09. The fourth-order valence-electron chi connectivity index (χ4n) is 1.64. The second kappa shape index (κ2) is 10.9. The zero-order valence-electron chi connectivity index (χ0n) is 14.0. The fraction of sp³-hybridized carbons (Fsp3) is 0.750. The van der Waals surface area contributed by atoms with Gasteiger partial charge in [-0.25, -0.2) is 9.59 Å². The van der Waals surface area contributed by atoms with Crippen LogP contribution in [0.4, 0.5) is 4.79 Å². The molecule has 0 spiro atoms. The van der Waals surface area contributed by atoms with Crippen molar-refractivity contribution >= 4 is 12.0 Å². The van der Waals surface area contributed by atoms with Crippen molar-refractivity contribution in [1.29, 1.82) is 0 Å². The van der Waals surface area contributed by atoms with E-state index in [0.717, 1.165) is 32.3 Å². The minimum atomic E-state index is -1.08. The number of carbonyl (C=O) groups excluding carboxylic acids is 2. The van der Waals surface area contributed by atoms with Crippen LogP contribution in [-0.2, 0) is 14.3 Å². The molecule has 1 atom stereocenters. The van der Waals surface area contributed by atoms with Crippen LogP contribution in [0, 0.1) is 12.3 Å². The van der Waals surface area contributed by atoms with Crippen LogP contribution in [0.5, 0.6) is 0 Å². The molecule has 0 rings (SSSR count). The maximum Gasteiger partial charge on any atom is 0.341 e. The number of amides is 2. The van der Waals surface area contributed by atoms with Gasteiger partial charge in [-0.05, 0) is 33.6 Å². The van der Waals surface area contributed by atoms with Gasteiger partial charge in [-0.3, -0.25) is 0 Å². The Morgan fingerprint density at radius 1 is 1.18 bits per heavy atom. The maximum absolute atomic E-state index is 11.8.